The summed E-state index contributed by atoms with van der Waals surface area (Å²) >= 11 is 0. The first-order valence-corrected chi connectivity index (χ1v) is 7.58. The maximum absolute atomic E-state index is 11.8. The van der Waals surface area contributed by atoms with E-state index >= 15 is 0 Å². The predicted molar refractivity (Wildman–Crippen MR) is 73.7 cm³/mol. The summed E-state index contributed by atoms with van der Waals surface area (Å²) in [6.45, 7) is 6.79. The largest absolute Gasteiger partial charge is 0.338 e. The Bertz CT molecular complexity index is 256. The van der Waals surface area contributed by atoms with E-state index in [1.807, 2.05) is 4.90 Å². The van der Waals surface area contributed by atoms with E-state index in [2.05, 4.69) is 17.1 Å². The second-order valence-corrected chi connectivity index (χ2v) is 5.55. The second-order valence-electron chi connectivity index (χ2n) is 5.55. The summed E-state index contributed by atoms with van der Waals surface area (Å²) in [5.41, 5.74) is 0. The van der Waals surface area contributed by atoms with E-state index in [0.717, 1.165) is 45.2 Å². The molecule has 1 aliphatic heterocycles. The van der Waals surface area contributed by atoms with E-state index in [4.69, 9.17) is 0 Å². The van der Waals surface area contributed by atoms with E-state index in [-0.39, 0.29) is 6.03 Å². The molecule has 0 bridgehead atoms. The molecule has 0 aromatic carbocycles. The van der Waals surface area contributed by atoms with Crippen molar-refractivity contribution in [2.24, 2.45) is 0 Å². The molecule has 1 saturated carbocycles. The molecule has 2 aliphatic rings. The van der Waals surface area contributed by atoms with Gasteiger partial charge in [0.1, 0.15) is 0 Å². The minimum atomic E-state index is 0.125. The molecule has 0 atom stereocenters. The van der Waals surface area contributed by atoms with Gasteiger partial charge in [-0.05, 0) is 19.3 Å². The molecule has 2 fully saturated rings. The standard InChI is InChI=1S/C14H27N3O/c1-2-8-15-14(18)17-11-9-16(10-12-17)13-6-4-3-5-7-13/h13H,2-12H2,1H3,(H,15,18). The van der Waals surface area contributed by atoms with Crippen molar-refractivity contribution in [1.29, 1.82) is 0 Å². The Kier molecular flexibility index (Phi) is 5.29. The fourth-order valence-electron chi connectivity index (χ4n) is 3.08. The Labute approximate surface area is 111 Å². The maximum Gasteiger partial charge on any atom is 0.317 e. The van der Waals surface area contributed by atoms with Crippen molar-refractivity contribution in [1.82, 2.24) is 15.1 Å². The Morgan fingerprint density at radius 1 is 1.11 bits per heavy atom. The van der Waals surface area contributed by atoms with Gasteiger partial charge in [0.25, 0.3) is 0 Å². The van der Waals surface area contributed by atoms with Crippen molar-refractivity contribution >= 4 is 6.03 Å². The quantitative estimate of drug-likeness (QED) is 0.835. The van der Waals surface area contributed by atoms with E-state index in [1.54, 1.807) is 0 Å². The highest BCUT2D eigenvalue weighted by molar-refractivity contribution is 5.74. The molecule has 1 heterocycles. The van der Waals surface area contributed by atoms with Gasteiger partial charge in [-0.1, -0.05) is 26.2 Å². The minimum absolute atomic E-state index is 0.125. The summed E-state index contributed by atoms with van der Waals surface area (Å²) in [6, 6.07) is 0.916. The highest BCUT2D eigenvalue weighted by Gasteiger charge is 2.26. The van der Waals surface area contributed by atoms with Gasteiger partial charge in [-0.2, -0.15) is 0 Å². The van der Waals surface area contributed by atoms with Gasteiger partial charge in [-0.15, -0.1) is 0 Å². The number of amides is 2. The third kappa shape index (κ3) is 3.61. The predicted octanol–water partition coefficient (Wildman–Crippen LogP) is 2.06. The Morgan fingerprint density at radius 2 is 1.78 bits per heavy atom. The number of rotatable bonds is 3. The SMILES string of the molecule is CCCNC(=O)N1CCN(C2CCCCC2)CC1. The number of carbonyl (C=O) groups excluding carboxylic acids is 1. The van der Waals surface area contributed by atoms with E-state index in [1.165, 1.54) is 32.1 Å². The van der Waals surface area contributed by atoms with E-state index in [0.29, 0.717) is 0 Å². The molecule has 4 nitrogen and oxygen atoms in total. The molecule has 0 radical (unpaired) electrons. The maximum atomic E-state index is 11.8. The fourth-order valence-corrected chi connectivity index (χ4v) is 3.08. The van der Waals surface area contributed by atoms with Crippen LogP contribution in [-0.2, 0) is 0 Å². The molecule has 2 rings (SSSR count). The van der Waals surface area contributed by atoms with Crippen LogP contribution in [0.3, 0.4) is 0 Å². The van der Waals surface area contributed by atoms with Crippen LogP contribution in [0.25, 0.3) is 0 Å². The fraction of sp³-hybridized carbons (Fsp3) is 0.929. The minimum Gasteiger partial charge on any atom is -0.338 e. The number of urea groups is 1. The highest BCUT2D eigenvalue weighted by atomic mass is 16.2. The van der Waals surface area contributed by atoms with Crippen molar-refractivity contribution in [3.8, 4) is 0 Å². The zero-order valence-corrected chi connectivity index (χ0v) is 11.7. The van der Waals surface area contributed by atoms with Crippen LogP contribution in [0, 0.1) is 0 Å². The molecule has 4 heteroatoms. The lowest BCUT2D eigenvalue weighted by Gasteiger charge is -2.40. The van der Waals surface area contributed by atoms with Gasteiger partial charge < -0.3 is 10.2 Å². The molecule has 0 spiro atoms. The third-order valence-electron chi connectivity index (χ3n) is 4.22. The molecule has 0 aromatic heterocycles. The summed E-state index contributed by atoms with van der Waals surface area (Å²) < 4.78 is 0. The summed E-state index contributed by atoms with van der Waals surface area (Å²) in [6.07, 6.45) is 7.93. The van der Waals surface area contributed by atoms with E-state index in [9.17, 15) is 4.79 Å². The molecule has 1 N–H and O–H groups in total. The van der Waals surface area contributed by atoms with Crippen molar-refractivity contribution in [2.75, 3.05) is 32.7 Å². The van der Waals surface area contributed by atoms with Crippen LogP contribution in [0.2, 0.25) is 0 Å². The first-order chi connectivity index (χ1) is 8.81. The van der Waals surface area contributed by atoms with Gasteiger partial charge in [-0.3, -0.25) is 4.90 Å². The first-order valence-electron chi connectivity index (χ1n) is 7.58. The monoisotopic (exact) mass is 253 g/mol. The molecule has 0 aromatic rings. The van der Waals surface area contributed by atoms with Crippen molar-refractivity contribution < 1.29 is 4.79 Å². The normalized spacial score (nSPS) is 23.1. The average molecular weight is 253 g/mol. The van der Waals surface area contributed by atoms with Crippen LogP contribution in [0.15, 0.2) is 0 Å². The number of carbonyl (C=O) groups is 1. The molecule has 2 amide bonds. The summed E-state index contributed by atoms with van der Waals surface area (Å²) in [5, 5.41) is 2.96. The number of piperazine rings is 1. The van der Waals surface area contributed by atoms with Crippen LogP contribution in [0.1, 0.15) is 45.4 Å². The van der Waals surface area contributed by atoms with Gasteiger partial charge >= 0.3 is 6.03 Å². The van der Waals surface area contributed by atoms with Crippen LogP contribution >= 0.6 is 0 Å². The highest BCUT2D eigenvalue weighted by Crippen LogP contribution is 2.23. The zero-order valence-electron chi connectivity index (χ0n) is 11.7. The molecule has 0 unspecified atom stereocenters. The number of nitrogens with one attached hydrogen (secondary N) is 1. The number of nitrogens with zero attached hydrogens (tertiary/aromatic N) is 2. The molecule has 1 aliphatic carbocycles. The molecule has 1 saturated heterocycles. The average Bonchev–Trinajstić information content (AvgIpc) is 2.46. The molecule has 18 heavy (non-hydrogen) atoms. The van der Waals surface area contributed by atoms with Crippen molar-refractivity contribution in [2.45, 2.75) is 51.5 Å². The van der Waals surface area contributed by atoms with Crippen LogP contribution in [-0.4, -0.2) is 54.6 Å². The van der Waals surface area contributed by atoms with Crippen LogP contribution < -0.4 is 5.32 Å². The third-order valence-corrected chi connectivity index (χ3v) is 4.22. The smallest absolute Gasteiger partial charge is 0.317 e. The van der Waals surface area contributed by atoms with Crippen molar-refractivity contribution in [3.05, 3.63) is 0 Å². The van der Waals surface area contributed by atoms with Crippen molar-refractivity contribution in [3.63, 3.8) is 0 Å². The second kappa shape index (κ2) is 6.98. The Morgan fingerprint density at radius 3 is 2.39 bits per heavy atom. The zero-order chi connectivity index (χ0) is 12.8. The number of hydrogen-bond donors (Lipinski definition) is 1. The topological polar surface area (TPSA) is 35.6 Å². The van der Waals surface area contributed by atoms with Gasteiger partial charge in [0.2, 0.25) is 0 Å². The lowest BCUT2D eigenvalue weighted by atomic mass is 9.94. The Hall–Kier alpha value is -0.770. The summed E-state index contributed by atoms with van der Waals surface area (Å²) in [4.78, 5) is 16.4. The molecule has 104 valence electrons. The Balaban J connectivity index is 1.71. The number of hydrogen-bond acceptors (Lipinski definition) is 2. The lowest BCUT2D eigenvalue weighted by Crippen LogP contribution is -2.54. The van der Waals surface area contributed by atoms with Gasteiger partial charge in [0, 0.05) is 38.8 Å². The lowest BCUT2D eigenvalue weighted by molar-refractivity contribution is 0.0906. The van der Waals surface area contributed by atoms with Crippen LogP contribution in [0.5, 0.6) is 0 Å². The first kappa shape index (κ1) is 13.7. The van der Waals surface area contributed by atoms with Crippen LogP contribution in [0.4, 0.5) is 4.79 Å². The van der Waals surface area contributed by atoms with E-state index < -0.39 is 0 Å². The van der Waals surface area contributed by atoms with Gasteiger partial charge in [0.15, 0.2) is 0 Å². The summed E-state index contributed by atoms with van der Waals surface area (Å²) in [5.74, 6) is 0. The van der Waals surface area contributed by atoms with Gasteiger partial charge in [-0.25, -0.2) is 4.79 Å². The summed E-state index contributed by atoms with van der Waals surface area (Å²) in [7, 11) is 0. The molecular formula is C14H27N3O. The van der Waals surface area contributed by atoms with Gasteiger partial charge in [0.05, 0.1) is 0 Å². The molecular weight excluding hydrogens is 226 g/mol.